The van der Waals surface area contributed by atoms with E-state index in [9.17, 15) is 9.59 Å². The van der Waals surface area contributed by atoms with Gasteiger partial charge in [-0.05, 0) is 25.8 Å². The van der Waals surface area contributed by atoms with E-state index in [1.807, 2.05) is 20.4 Å². The van der Waals surface area contributed by atoms with Crippen LogP contribution in [0.1, 0.15) is 36.9 Å². The maximum absolute atomic E-state index is 13.2. The molecule has 1 aliphatic carbocycles. The van der Waals surface area contributed by atoms with Crippen LogP contribution in [0.3, 0.4) is 0 Å². The molecular formula is C24H33N7O2. The molecule has 9 nitrogen and oxygen atoms in total. The molecule has 4 aliphatic rings. The summed E-state index contributed by atoms with van der Waals surface area (Å²) in [5.41, 5.74) is 3.30. The molecule has 2 aromatic heterocycles. The fourth-order valence-electron chi connectivity index (χ4n) is 5.98. The van der Waals surface area contributed by atoms with Crippen molar-refractivity contribution in [3.8, 4) is 0 Å². The zero-order chi connectivity index (χ0) is 22.4. The Balaban J connectivity index is 1.10. The zero-order valence-electron chi connectivity index (χ0n) is 19.2. The Kier molecular flexibility index (Phi) is 5.44. The molecule has 0 aromatic carbocycles. The van der Waals surface area contributed by atoms with Crippen LogP contribution < -0.4 is 10.2 Å². The van der Waals surface area contributed by atoms with E-state index in [1.54, 1.807) is 6.20 Å². The molecule has 0 unspecified atom stereocenters. The molecule has 2 aromatic rings. The van der Waals surface area contributed by atoms with Crippen LogP contribution in [0.5, 0.6) is 0 Å². The highest BCUT2D eigenvalue weighted by atomic mass is 16.2. The minimum atomic E-state index is 0.0143. The molecule has 2 saturated heterocycles. The minimum absolute atomic E-state index is 0.0143. The highest BCUT2D eigenvalue weighted by Gasteiger charge is 2.39. The average molecular weight is 452 g/mol. The summed E-state index contributed by atoms with van der Waals surface area (Å²) in [4.78, 5) is 37.0. The Hall–Kier alpha value is -2.68. The summed E-state index contributed by atoms with van der Waals surface area (Å²) >= 11 is 0. The van der Waals surface area contributed by atoms with Crippen LogP contribution in [-0.2, 0) is 22.4 Å². The lowest BCUT2D eigenvalue weighted by atomic mass is 9.96. The van der Waals surface area contributed by atoms with Gasteiger partial charge in [0.1, 0.15) is 5.82 Å². The molecule has 3 aliphatic heterocycles. The number of rotatable bonds is 3. The summed E-state index contributed by atoms with van der Waals surface area (Å²) in [6, 6.07) is 1.96. The summed E-state index contributed by atoms with van der Waals surface area (Å²) in [6.45, 7) is 6.00. The summed E-state index contributed by atoms with van der Waals surface area (Å²) in [5, 5.41) is 8.00. The van der Waals surface area contributed by atoms with Gasteiger partial charge >= 0.3 is 0 Å². The molecule has 0 bridgehead atoms. The first kappa shape index (κ1) is 20.9. The third-order valence-electron chi connectivity index (χ3n) is 7.92. The topological polar surface area (TPSA) is 86.1 Å². The predicted molar refractivity (Wildman–Crippen MR) is 124 cm³/mol. The number of nitrogens with one attached hydrogen (secondary N) is 1. The van der Waals surface area contributed by atoms with Gasteiger partial charge in [0.2, 0.25) is 11.8 Å². The standard InChI is InChI=1S/C24H33N7O2/c32-23(17-3-1-2-4-17)28-11-13-29(14-12-28)24(33)18-15-30(16-18)22-19-5-8-25-9-6-20(19)27-21-7-10-26-31(21)22/h7,10,17-18,25H,1-6,8-9,11-16H2. The summed E-state index contributed by atoms with van der Waals surface area (Å²) in [7, 11) is 0. The molecule has 0 radical (unpaired) electrons. The molecule has 1 saturated carbocycles. The van der Waals surface area contributed by atoms with Crippen molar-refractivity contribution in [3.05, 3.63) is 23.5 Å². The van der Waals surface area contributed by atoms with Crippen molar-refractivity contribution in [3.63, 3.8) is 0 Å². The van der Waals surface area contributed by atoms with E-state index in [0.29, 0.717) is 32.1 Å². The lowest BCUT2D eigenvalue weighted by Gasteiger charge is -2.44. The number of anilines is 1. The highest BCUT2D eigenvalue weighted by Crippen LogP contribution is 2.32. The number of hydrogen-bond donors (Lipinski definition) is 1. The van der Waals surface area contributed by atoms with E-state index in [2.05, 4.69) is 15.3 Å². The van der Waals surface area contributed by atoms with E-state index in [4.69, 9.17) is 4.98 Å². The quantitative estimate of drug-likeness (QED) is 0.740. The summed E-state index contributed by atoms with van der Waals surface area (Å²) in [6.07, 6.45) is 8.08. The zero-order valence-corrected chi connectivity index (χ0v) is 19.2. The van der Waals surface area contributed by atoms with Crippen molar-refractivity contribution in [1.82, 2.24) is 29.7 Å². The van der Waals surface area contributed by atoms with Gasteiger partial charge in [0.15, 0.2) is 5.65 Å². The Bertz CT molecular complexity index is 1050. The van der Waals surface area contributed by atoms with Crippen molar-refractivity contribution in [2.45, 2.75) is 38.5 Å². The Morgan fingerprint density at radius 2 is 1.58 bits per heavy atom. The molecule has 6 rings (SSSR count). The second-order valence-corrected chi connectivity index (χ2v) is 9.95. The number of amides is 2. The van der Waals surface area contributed by atoms with Gasteiger partial charge in [0.25, 0.3) is 0 Å². The molecule has 1 N–H and O–H groups in total. The normalized spacial score (nSPS) is 22.4. The second kappa shape index (κ2) is 8.59. The lowest BCUT2D eigenvalue weighted by Crippen LogP contribution is -2.59. The molecule has 0 atom stereocenters. The second-order valence-electron chi connectivity index (χ2n) is 9.95. The first-order valence-corrected chi connectivity index (χ1v) is 12.6. The maximum Gasteiger partial charge on any atom is 0.229 e. The maximum atomic E-state index is 13.2. The Morgan fingerprint density at radius 3 is 2.30 bits per heavy atom. The van der Waals surface area contributed by atoms with E-state index < -0.39 is 0 Å². The average Bonchev–Trinajstić information content (AvgIpc) is 3.45. The fraction of sp³-hybridized carbons (Fsp3) is 0.667. The molecule has 5 heterocycles. The molecular weight excluding hydrogens is 418 g/mol. The van der Waals surface area contributed by atoms with E-state index >= 15 is 0 Å². The van der Waals surface area contributed by atoms with Crippen molar-refractivity contribution >= 4 is 23.3 Å². The molecule has 33 heavy (non-hydrogen) atoms. The highest BCUT2D eigenvalue weighted by molar-refractivity contribution is 5.83. The number of piperazine rings is 1. The van der Waals surface area contributed by atoms with E-state index in [0.717, 1.165) is 69.0 Å². The van der Waals surface area contributed by atoms with Crippen LogP contribution in [0.2, 0.25) is 0 Å². The Morgan fingerprint density at radius 1 is 0.909 bits per heavy atom. The van der Waals surface area contributed by atoms with E-state index in [-0.39, 0.29) is 17.7 Å². The monoisotopic (exact) mass is 451 g/mol. The summed E-state index contributed by atoms with van der Waals surface area (Å²) in [5.74, 6) is 1.89. The van der Waals surface area contributed by atoms with Gasteiger partial charge in [-0.2, -0.15) is 9.61 Å². The molecule has 2 amide bonds. The van der Waals surface area contributed by atoms with Gasteiger partial charge < -0.3 is 20.0 Å². The third-order valence-corrected chi connectivity index (χ3v) is 7.92. The lowest BCUT2D eigenvalue weighted by molar-refractivity contribution is -0.144. The van der Waals surface area contributed by atoms with Gasteiger partial charge in [-0.15, -0.1) is 0 Å². The number of carbonyl (C=O) groups is 2. The van der Waals surface area contributed by atoms with Gasteiger partial charge in [-0.1, -0.05) is 12.8 Å². The summed E-state index contributed by atoms with van der Waals surface area (Å²) < 4.78 is 1.94. The van der Waals surface area contributed by atoms with Gasteiger partial charge in [-0.25, -0.2) is 4.98 Å². The minimum Gasteiger partial charge on any atom is -0.354 e. The van der Waals surface area contributed by atoms with Crippen LogP contribution in [0.15, 0.2) is 12.3 Å². The van der Waals surface area contributed by atoms with Gasteiger partial charge in [-0.3, -0.25) is 9.59 Å². The first-order valence-electron chi connectivity index (χ1n) is 12.6. The molecule has 3 fully saturated rings. The molecule has 0 spiro atoms. The fourth-order valence-corrected chi connectivity index (χ4v) is 5.98. The third kappa shape index (κ3) is 3.76. The van der Waals surface area contributed by atoms with E-state index in [1.165, 1.54) is 18.4 Å². The smallest absolute Gasteiger partial charge is 0.229 e. The predicted octanol–water partition coefficient (Wildman–Crippen LogP) is 0.715. The molecule has 176 valence electrons. The van der Waals surface area contributed by atoms with Crippen molar-refractivity contribution in [2.24, 2.45) is 11.8 Å². The van der Waals surface area contributed by atoms with Crippen molar-refractivity contribution in [2.75, 3.05) is 57.3 Å². The number of carbonyl (C=O) groups excluding carboxylic acids is 2. The number of fused-ring (bicyclic) bond motifs is 2. The van der Waals surface area contributed by atoms with Crippen molar-refractivity contribution in [1.29, 1.82) is 0 Å². The molecule has 9 heteroatoms. The van der Waals surface area contributed by atoms with Crippen LogP contribution in [0.4, 0.5) is 5.82 Å². The van der Waals surface area contributed by atoms with Crippen LogP contribution >= 0.6 is 0 Å². The number of hydrogen-bond acceptors (Lipinski definition) is 6. The first-order chi connectivity index (χ1) is 16.2. The number of nitrogens with zero attached hydrogens (tertiary/aromatic N) is 6. The van der Waals surface area contributed by atoms with Crippen LogP contribution in [-0.4, -0.2) is 88.6 Å². The number of aromatic nitrogens is 3. The van der Waals surface area contributed by atoms with Gasteiger partial charge in [0.05, 0.1) is 17.8 Å². The largest absolute Gasteiger partial charge is 0.354 e. The Labute approximate surface area is 194 Å². The van der Waals surface area contributed by atoms with Crippen molar-refractivity contribution < 1.29 is 9.59 Å². The van der Waals surface area contributed by atoms with Gasteiger partial charge in [0, 0.05) is 69.8 Å². The van der Waals surface area contributed by atoms with Crippen LogP contribution in [0, 0.1) is 11.8 Å². The SMILES string of the molecule is O=C(C1CCCC1)N1CCN(C(=O)C2CN(c3c4c(nc5ccnn35)CCNCC4)C2)CC1. The van der Waals surface area contributed by atoms with Crippen LogP contribution in [0.25, 0.3) is 5.65 Å².